The zero-order valence-electron chi connectivity index (χ0n) is 9.09. The van der Waals surface area contributed by atoms with Gasteiger partial charge in [-0.25, -0.2) is 4.39 Å². The number of nitrogen functional groups attached to an aromatic ring is 1. The van der Waals surface area contributed by atoms with Crippen LogP contribution in [-0.2, 0) is 0 Å². The summed E-state index contributed by atoms with van der Waals surface area (Å²) in [6.07, 6.45) is 1.50. The third-order valence-corrected chi connectivity index (χ3v) is 2.43. The number of aromatic nitrogens is 4. The zero-order valence-corrected chi connectivity index (χ0v) is 9.09. The molecule has 0 spiro atoms. The minimum absolute atomic E-state index is 0.264. The van der Waals surface area contributed by atoms with Crippen LogP contribution in [0.5, 0.6) is 0 Å². The standard InChI is InChI=1S/C11H8FN5O/c12-7-3-1-6(2-4-7)10-15-11(18-17-10)8-5-14-16-9(8)13/h1-5H,(H3,13,14,16). The maximum absolute atomic E-state index is 12.8. The fourth-order valence-corrected chi connectivity index (χ4v) is 1.52. The van der Waals surface area contributed by atoms with Crippen LogP contribution < -0.4 is 5.73 Å². The molecule has 90 valence electrons. The second kappa shape index (κ2) is 3.95. The van der Waals surface area contributed by atoms with E-state index < -0.39 is 0 Å². The van der Waals surface area contributed by atoms with Crippen molar-refractivity contribution in [1.82, 2.24) is 20.3 Å². The number of rotatable bonds is 2. The Morgan fingerprint density at radius 3 is 2.67 bits per heavy atom. The van der Waals surface area contributed by atoms with Crippen molar-refractivity contribution in [2.45, 2.75) is 0 Å². The lowest BCUT2D eigenvalue weighted by atomic mass is 10.2. The summed E-state index contributed by atoms with van der Waals surface area (Å²) in [6.45, 7) is 0. The average molecular weight is 245 g/mol. The summed E-state index contributed by atoms with van der Waals surface area (Å²) >= 11 is 0. The van der Waals surface area contributed by atoms with Gasteiger partial charge < -0.3 is 10.3 Å². The molecule has 0 saturated carbocycles. The summed E-state index contributed by atoms with van der Waals surface area (Å²) in [4.78, 5) is 4.17. The largest absolute Gasteiger partial charge is 0.383 e. The molecule has 3 rings (SSSR count). The summed E-state index contributed by atoms with van der Waals surface area (Å²) in [5, 5.41) is 10.1. The van der Waals surface area contributed by atoms with Crippen molar-refractivity contribution < 1.29 is 8.91 Å². The maximum Gasteiger partial charge on any atom is 0.263 e. The first-order valence-electron chi connectivity index (χ1n) is 5.13. The van der Waals surface area contributed by atoms with Crippen LogP contribution in [0.2, 0.25) is 0 Å². The van der Waals surface area contributed by atoms with Gasteiger partial charge in [-0.15, -0.1) is 0 Å². The fourth-order valence-electron chi connectivity index (χ4n) is 1.52. The SMILES string of the molecule is Nc1[nH]ncc1-c1nc(-c2ccc(F)cc2)no1. The Kier molecular flexibility index (Phi) is 2.30. The highest BCUT2D eigenvalue weighted by Gasteiger charge is 2.14. The van der Waals surface area contributed by atoms with Crippen LogP contribution in [0.4, 0.5) is 10.2 Å². The molecule has 2 heterocycles. The first kappa shape index (κ1) is 10.5. The molecular formula is C11H8FN5O. The Bertz CT molecular complexity index is 673. The van der Waals surface area contributed by atoms with Gasteiger partial charge in [0.15, 0.2) is 0 Å². The lowest BCUT2D eigenvalue weighted by Gasteiger charge is -1.92. The molecule has 0 saturated heterocycles. The molecule has 18 heavy (non-hydrogen) atoms. The van der Waals surface area contributed by atoms with E-state index in [2.05, 4.69) is 20.3 Å². The first-order chi connectivity index (χ1) is 8.74. The molecule has 2 aromatic heterocycles. The second-order valence-corrected chi connectivity index (χ2v) is 3.63. The minimum atomic E-state index is -0.318. The number of hydrogen-bond donors (Lipinski definition) is 2. The topological polar surface area (TPSA) is 93.6 Å². The fraction of sp³-hybridized carbons (Fsp3) is 0. The molecule has 0 fully saturated rings. The number of anilines is 1. The quantitative estimate of drug-likeness (QED) is 0.718. The van der Waals surface area contributed by atoms with Crippen molar-refractivity contribution in [3.63, 3.8) is 0 Å². The van der Waals surface area contributed by atoms with Crippen LogP contribution >= 0.6 is 0 Å². The molecule has 1 aromatic carbocycles. The Balaban J connectivity index is 1.99. The predicted octanol–water partition coefficient (Wildman–Crippen LogP) is 1.85. The van der Waals surface area contributed by atoms with Crippen LogP contribution in [0.25, 0.3) is 22.8 Å². The third kappa shape index (κ3) is 1.71. The smallest absolute Gasteiger partial charge is 0.263 e. The Morgan fingerprint density at radius 2 is 2.00 bits per heavy atom. The number of halogens is 1. The number of aromatic amines is 1. The van der Waals surface area contributed by atoms with Gasteiger partial charge >= 0.3 is 0 Å². The average Bonchev–Trinajstić information content (AvgIpc) is 2.98. The molecule has 0 radical (unpaired) electrons. The molecule has 7 heteroatoms. The summed E-state index contributed by atoms with van der Waals surface area (Å²) in [5.41, 5.74) is 6.84. The van der Waals surface area contributed by atoms with E-state index >= 15 is 0 Å². The molecule has 3 aromatic rings. The highest BCUT2D eigenvalue weighted by atomic mass is 19.1. The van der Waals surface area contributed by atoms with Crippen molar-refractivity contribution >= 4 is 5.82 Å². The van der Waals surface area contributed by atoms with Gasteiger partial charge in [-0.1, -0.05) is 5.16 Å². The summed E-state index contributed by atoms with van der Waals surface area (Å²) < 4.78 is 17.9. The molecule has 0 aliphatic heterocycles. The van der Waals surface area contributed by atoms with Gasteiger partial charge in [-0.05, 0) is 24.3 Å². The molecule has 6 nitrogen and oxygen atoms in total. The molecule has 0 amide bonds. The van der Waals surface area contributed by atoms with Crippen LogP contribution in [0.3, 0.4) is 0 Å². The van der Waals surface area contributed by atoms with Crippen LogP contribution in [0.1, 0.15) is 0 Å². The van der Waals surface area contributed by atoms with Gasteiger partial charge in [-0.3, -0.25) is 5.10 Å². The molecular weight excluding hydrogens is 237 g/mol. The monoisotopic (exact) mass is 245 g/mol. The van der Waals surface area contributed by atoms with Gasteiger partial charge in [-0.2, -0.15) is 10.1 Å². The molecule has 0 bridgehead atoms. The van der Waals surface area contributed by atoms with E-state index in [0.717, 1.165) is 0 Å². The summed E-state index contributed by atoms with van der Waals surface area (Å²) in [6, 6.07) is 5.81. The van der Waals surface area contributed by atoms with E-state index in [1.807, 2.05) is 0 Å². The number of nitrogens with two attached hydrogens (primary N) is 1. The van der Waals surface area contributed by atoms with Gasteiger partial charge in [0.1, 0.15) is 17.2 Å². The molecule has 0 aliphatic rings. The van der Waals surface area contributed by atoms with E-state index in [4.69, 9.17) is 10.3 Å². The van der Waals surface area contributed by atoms with Crippen molar-refractivity contribution in [1.29, 1.82) is 0 Å². The number of hydrogen-bond acceptors (Lipinski definition) is 5. The molecule has 3 N–H and O–H groups in total. The molecule has 0 unspecified atom stereocenters. The Labute approximate surface area is 101 Å². The van der Waals surface area contributed by atoms with Crippen molar-refractivity contribution in [3.8, 4) is 22.8 Å². The second-order valence-electron chi connectivity index (χ2n) is 3.63. The number of nitrogens with zero attached hydrogens (tertiary/aromatic N) is 3. The van der Waals surface area contributed by atoms with Crippen LogP contribution in [0.15, 0.2) is 35.0 Å². The van der Waals surface area contributed by atoms with Gasteiger partial charge in [0.2, 0.25) is 5.82 Å². The lowest BCUT2D eigenvalue weighted by Crippen LogP contribution is -1.87. The van der Waals surface area contributed by atoms with Gasteiger partial charge in [0, 0.05) is 5.56 Å². The predicted molar refractivity (Wildman–Crippen MR) is 61.7 cm³/mol. The van der Waals surface area contributed by atoms with Gasteiger partial charge in [0.05, 0.1) is 6.20 Å². The Hall–Kier alpha value is -2.70. The van der Waals surface area contributed by atoms with E-state index in [1.54, 1.807) is 12.1 Å². The van der Waals surface area contributed by atoms with E-state index in [9.17, 15) is 4.39 Å². The Morgan fingerprint density at radius 1 is 1.22 bits per heavy atom. The zero-order chi connectivity index (χ0) is 12.5. The van der Waals surface area contributed by atoms with Gasteiger partial charge in [0.25, 0.3) is 5.89 Å². The first-order valence-corrected chi connectivity index (χ1v) is 5.13. The number of nitrogens with one attached hydrogen (secondary N) is 1. The lowest BCUT2D eigenvalue weighted by molar-refractivity contribution is 0.432. The van der Waals surface area contributed by atoms with E-state index in [-0.39, 0.29) is 11.7 Å². The summed E-state index contributed by atoms with van der Waals surface area (Å²) in [5.74, 6) is 0.664. The van der Waals surface area contributed by atoms with Crippen LogP contribution in [0, 0.1) is 5.82 Å². The van der Waals surface area contributed by atoms with Crippen molar-refractivity contribution in [2.75, 3.05) is 5.73 Å². The minimum Gasteiger partial charge on any atom is -0.383 e. The highest BCUT2D eigenvalue weighted by Crippen LogP contribution is 2.24. The number of H-pyrrole nitrogens is 1. The highest BCUT2D eigenvalue weighted by molar-refractivity contribution is 5.67. The van der Waals surface area contributed by atoms with Crippen molar-refractivity contribution in [3.05, 3.63) is 36.3 Å². The van der Waals surface area contributed by atoms with E-state index in [0.29, 0.717) is 22.8 Å². The van der Waals surface area contributed by atoms with Crippen molar-refractivity contribution in [2.24, 2.45) is 0 Å². The normalized spacial score (nSPS) is 10.7. The molecule has 0 atom stereocenters. The number of benzene rings is 1. The maximum atomic E-state index is 12.8. The van der Waals surface area contributed by atoms with Crippen LogP contribution in [-0.4, -0.2) is 20.3 Å². The van der Waals surface area contributed by atoms with E-state index in [1.165, 1.54) is 18.3 Å². The summed E-state index contributed by atoms with van der Waals surface area (Å²) in [7, 11) is 0. The molecule has 0 aliphatic carbocycles. The third-order valence-electron chi connectivity index (χ3n) is 2.43.